The first kappa shape index (κ1) is 13.4. The summed E-state index contributed by atoms with van der Waals surface area (Å²) in [5, 5.41) is 9.32. The molecule has 2 aliphatic rings. The summed E-state index contributed by atoms with van der Waals surface area (Å²) in [6, 6.07) is 7.61. The lowest BCUT2D eigenvalue weighted by atomic mass is 9.97. The predicted octanol–water partition coefficient (Wildman–Crippen LogP) is 2.46. The minimum absolute atomic E-state index is 0.351. The van der Waals surface area contributed by atoms with Gasteiger partial charge in [0.05, 0.1) is 12.7 Å². The van der Waals surface area contributed by atoms with Gasteiger partial charge in [0, 0.05) is 12.0 Å². The van der Waals surface area contributed by atoms with Crippen molar-refractivity contribution in [3.05, 3.63) is 52.7 Å². The molecule has 1 saturated carbocycles. The van der Waals surface area contributed by atoms with Gasteiger partial charge in [-0.05, 0) is 54.5 Å². The van der Waals surface area contributed by atoms with Crippen molar-refractivity contribution in [2.75, 3.05) is 13.1 Å². The van der Waals surface area contributed by atoms with Crippen LogP contribution in [0.3, 0.4) is 0 Å². The molecule has 0 bridgehead atoms. The third kappa shape index (κ3) is 2.66. The first-order valence-electron chi connectivity index (χ1n) is 7.66. The summed E-state index contributed by atoms with van der Waals surface area (Å²) in [6.45, 7) is 6.95. The third-order valence-corrected chi connectivity index (χ3v) is 4.74. The molecule has 3 rings (SSSR count). The lowest BCUT2D eigenvalue weighted by Crippen LogP contribution is -3.08. The number of phenolic OH excluding ortho intramolecular Hbond substituents is 1. The van der Waals surface area contributed by atoms with Gasteiger partial charge in [0.2, 0.25) is 0 Å². The Balaban J connectivity index is 1.66. The second-order valence-corrected chi connectivity index (χ2v) is 6.30. The lowest BCUT2D eigenvalue weighted by molar-refractivity contribution is -0.842. The molecular weight excluding hydrogens is 246 g/mol. The van der Waals surface area contributed by atoms with Crippen LogP contribution in [0.25, 0.3) is 0 Å². The molecule has 1 aliphatic heterocycles. The minimum Gasteiger partial charge on any atom is -0.508 e. The largest absolute Gasteiger partial charge is 0.508 e. The van der Waals surface area contributed by atoms with Gasteiger partial charge >= 0.3 is 0 Å². The second-order valence-electron chi connectivity index (χ2n) is 6.30. The molecule has 0 amide bonds. The Labute approximate surface area is 121 Å². The molecule has 2 unspecified atom stereocenters. The monoisotopic (exact) mass is 270 g/mol. The number of hydrogen-bond donors (Lipinski definition) is 2. The van der Waals surface area contributed by atoms with Crippen LogP contribution in [-0.2, 0) is 6.42 Å². The highest BCUT2D eigenvalue weighted by atomic mass is 16.3. The van der Waals surface area contributed by atoms with Gasteiger partial charge in [-0.25, -0.2) is 0 Å². The van der Waals surface area contributed by atoms with Gasteiger partial charge in [0.15, 0.2) is 0 Å². The molecule has 1 aromatic carbocycles. The quantitative estimate of drug-likeness (QED) is 0.866. The Kier molecular flexibility index (Phi) is 3.66. The normalized spacial score (nSPS) is 25.6. The fraction of sp³-hybridized carbons (Fsp3) is 0.444. The van der Waals surface area contributed by atoms with Crippen LogP contribution < -0.4 is 4.90 Å². The zero-order valence-electron chi connectivity index (χ0n) is 12.4. The van der Waals surface area contributed by atoms with Crippen molar-refractivity contribution in [2.24, 2.45) is 5.92 Å². The highest BCUT2D eigenvalue weighted by molar-refractivity contribution is 5.40. The van der Waals surface area contributed by atoms with E-state index >= 15 is 0 Å². The molecule has 2 nitrogen and oxygen atoms in total. The average molecular weight is 270 g/mol. The molecule has 2 N–H and O–H groups in total. The van der Waals surface area contributed by atoms with Crippen molar-refractivity contribution in [1.82, 2.24) is 0 Å². The van der Waals surface area contributed by atoms with E-state index in [2.05, 4.69) is 20.0 Å². The van der Waals surface area contributed by atoms with E-state index in [4.69, 9.17) is 0 Å². The summed E-state index contributed by atoms with van der Waals surface area (Å²) in [5.41, 5.74) is 6.15. The standard InChI is InChI=1S/C18H23NO/c1-13-3-8-17-14(2)11-19(12-18(13)17)10-9-15-4-6-16(20)7-5-15/h4-7,12-13,20H,3,8-11H2,1-2H3/p+1. The molecule has 2 heteroatoms. The number of quaternary nitrogens is 1. The zero-order chi connectivity index (χ0) is 14.1. The van der Waals surface area contributed by atoms with E-state index in [0.29, 0.717) is 5.75 Å². The first-order valence-corrected chi connectivity index (χ1v) is 7.66. The van der Waals surface area contributed by atoms with Crippen LogP contribution in [0, 0.1) is 5.92 Å². The van der Waals surface area contributed by atoms with Crippen LogP contribution in [0.5, 0.6) is 5.75 Å². The Hall–Kier alpha value is -1.54. The van der Waals surface area contributed by atoms with E-state index in [1.807, 2.05) is 12.1 Å². The van der Waals surface area contributed by atoms with Crippen LogP contribution in [-0.4, -0.2) is 18.2 Å². The number of benzene rings is 1. The van der Waals surface area contributed by atoms with Crippen LogP contribution in [0.4, 0.5) is 0 Å². The number of nitrogens with one attached hydrogen (secondary N) is 1. The molecule has 0 spiro atoms. The Morgan fingerprint density at radius 1 is 1.25 bits per heavy atom. The molecule has 0 aromatic heterocycles. The van der Waals surface area contributed by atoms with Gasteiger partial charge in [0.25, 0.3) is 0 Å². The average Bonchev–Trinajstić information content (AvgIpc) is 2.81. The van der Waals surface area contributed by atoms with Gasteiger partial charge in [0.1, 0.15) is 12.3 Å². The molecule has 1 heterocycles. The smallest absolute Gasteiger partial charge is 0.115 e. The summed E-state index contributed by atoms with van der Waals surface area (Å²) >= 11 is 0. The van der Waals surface area contributed by atoms with Gasteiger partial charge in [-0.1, -0.05) is 19.1 Å². The van der Waals surface area contributed by atoms with E-state index in [1.54, 1.807) is 33.8 Å². The van der Waals surface area contributed by atoms with E-state index < -0.39 is 0 Å². The maximum Gasteiger partial charge on any atom is 0.115 e. The summed E-state index contributed by atoms with van der Waals surface area (Å²) in [5.74, 6) is 1.09. The third-order valence-electron chi connectivity index (χ3n) is 4.74. The van der Waals surface area contributed by atoms with Crippen LogP contribution in [0.2, 0.25) is 0 Å². The second kappa shape index (κ2) is 5.45. The Morgan fingerprint density at radius 2 is 2.00 bits per heavy atom. The summed E-state index contributed by atoms with van der Waals surface area (Å²) in [4.78, 5) is 1.57. The van der Waals surface area contributed by atoms with Crippen molar-refractivity contribution in [3.63, 3.8) is 0 Å². The van der Waals surface area contributed by atoms with Crippen molar-refractivity contribution in [3.8, 4) is 5.75 Å². The first-order chi connectivity index (χ1) is 9.63. The lowest BCUT2D eigenvalue weighted by Gasteiger charge is -2.23. The van der Waals surface area contributed by atoms with E-state index in [0.717, 1.165) is 25.4 Å². The van der Waals surface area contributed by atoms with Crippen LogP contribution in [0.15, 0.2) is 47.2 Å². The van der Waals surface area contributed by atoms with Gasteiger partial charge in [-0.3, -0.25) is 0 Å². The minimum atomic E-state index is 0.351. The van der Waals surface area contributed by atoms with Gasteiger partial charge in [-0.2, -0.15) is 0 Å². The molecule has 0 saturated heterocycles. The van der Waals surface area contributed by atoms with E-state index in [-0.39, 0.29) is 0 Å². The molecule has 1 aliphatic carbocycles. The number of fused-ring (bicyclic) bond motifs is 1. The van der Waals surface area contributed by atoms with E-state index in [9.17, 15) is 5.11 Å². The van der Waals surface area contributed by atoms with Crippen molar-refractivity contribution >= 4 is 0 Å². The Morgan fingerprint density at radius 3 is 2.75 bits per heavy atom. The van der Waals surface area contributed by atoms with E-state index in [1.165, 1.54) is 18.4 Å². The van der Waals surface area contributed by atoms with Crippen molar-refractivity contribution in [1.29, 1.82) is 0 Å². The van der Waals surface area contributed by atoms with Crippen molar-refractivity contribution in [2.45, 2.75) is 33.1 Å². The maximum atomic E-state index is 9.32. The van der Waals surface area contributed by atoms with Crippen molar-refractivity contribution < 1.29 is 10.0 Å². The molecule has 2 atom stereocenters. The molecular formula is C18H24NO+. The zero-order valence-corrected chi connectivity index (χ0v) is 12.4. The van der Waals surface area contributed by atoms with Crippen LogP contribution in [0.1, 0.15) is 32.3 Å². The maximum absolute atomic E-state index is 9.32. The number of phenols is 1. The van der Waals surface area contributed by atoms with Crippen LogP contribution >= 0.6 is 0 Å². The molecule has 1 aromatic rings. The van der Waals surface area contributed by atoms with Gasteiger partial charge in [-0.15, -0.1) is 0 Å². The van der Waals surface area contributed by atoms with Gasteiger partial charge < -0.3 is 10.0 Å². The molecule has 0 radical (unpaired) electrons. The summed E-state index contributed by atoms with van der Waals surface area (Å²) in [7, 11) is 0. The predicted molar refractivity (Wildman–Crippen MR) is 81.7 cm³/mol. The highest BCUT2D eigenvalue weighted by Gasteiger charge is 2.29. The number of aromatic hydroxyl groups is 1. The summed E-state index contributed by atoms with van der Waals surface area (Å²) in [6.07, 6.45) is 6.14. The molecule has 20 heavy (non-hydrogen) atoms. The topological polar surface area (TPSA) is 24.7 Å². The number of rotatable bonds is 3. The number of allylic oxidation sites excluding steroid dienone is 2. The summed E-state index contributed by atoms with van der Waals surface area (Å²) < 4.78 is 0. The SMILES string of the molecule is CC1=C2CCC(C)C2=C[NH+](CCc2ccc(O)cc2)C1. The molecule has 1 fully saturated rings. The highest BCUT2D eigenvalue weighted by Crippen LogP contribution is 2.37. The fourth-order valence-electron chi connectivity index (χ4n) is 3.49. The Bertz CT molecular complexity index is 553. The number of hydrogen-bond acceptors (Lipinski definition) is 1. The molecule has 106 valence electrons. The fourth-order valence-corrected chi connectivity index (χ4v) is 3.49.